The van der Waals surface area contributed by atoms with Gasteiger partial charge in [0.1, 0.15) is 17.7 Å². The number of carbonyl (C=O) groups is 5. The maximum atomic E-state index is 14.4. The van der Waals surface area contributed by atoms with Crippen molar-refractivity contribution in [3.63, 3.8) is 0 Å². The zero-order valence-corrected chi connectivity index (χ0v) is 37.7. The Labute approximate surface area is 348 Å². The van der Waals surface area contributed by atoms with Crippen LogP contribution in [0.5, 0.6) is 0 Å². The van der Waals surface area contributed by atoms with Gasteiger partial charge in [-0.25, -0.2) is 4.79 Å². The van der Waals surface area contributed by atoms with Gasteiger partial charge in [-0.15, -0.1) is 0 Å². The van der Waals surface area contributed by atoms with Gasteiger partial charge in [0.2, 0.25) is 23.6 Å². The molecular weight excluding hydrogens is 739 g/mol. The first-order valence-corrected chi connectivity index (χ1v) is 21.4. The summed E-state index contributed by atoms with van der Waals surface area (Å²) < 4.78 is 17.8. The molecule has 1 heterocycles. The molecule has 2 aliphatic rings. The minimum absolute atomic E-state index is 0.0371. The van der Waals surface area contributed by atoms with Gasteiger partial charge in [0, 0.05) is 34.2 Å². The Morgan fingerprint density at radius 3 is 1.97 bits per heavy atom. The predicted molar refractivity (Wildman–Crippen MR) is 226 cm³/mol. The molecule has 0 unspecified atom stereocenters. The summed E-state index contributed by atoms with van der Waals surface area (Å²) in [6.07, 6.45) is 4.30. The Morgan fingerprint density at radius 1 is 0.828 bits per heavy atom. The molecular formula is C45H75N5O8. The van der Waals surface area contributed by atoms with Crippen LogP contribution in [0.2, 0.25) is 0 Å². The van der Waals surface area contributed by atoms with Crippen LogP contribution in [0.15, 0.2) is 30.3 Å². The summed E-state index contributed by atoms with van der Waals surface area (Å²) in [7, 11) is 8.64. The van der Waals surface area contributed by atoms with Gasteiger partial charge in [0.05, 0.1) is 42.7 Å². The van der Waals surface area contributed by atoms with E-state index in [1.165, 1.54) is 0 Å². The molecule has 3 rings (SSSR count). The van der Waals surface area contributed by atoms with Gasteiger partial charge >= 0.3 is 5.97 Å². The van der Waals surface area contributed by atoms with E-state index in [1.807, 2.05) is 77.0 Å². The lowest BCUT2D eigenvalue weighted by atomic mass is 9.88. The van der Waals surface area contributed by atoms with Crippen molar-refractivity contribution in [3.8, 4) is 0 Å². The van der Waals surface area contributed by atoms with Crippen molar-refractivity contribution in [1.82, 2.24) is 25.3 Å². The summed E-state index contributed by atoms with van der Waals surface area (Å²) in [6, 6.07) is 6.62. The lowest BCUT2D eigenvalue weighted by Gasteiger charge is -2.41. The van der Waals surface area contributed by atoms with Crippen LogP contribution in [0.1, 0.15) is 106 Å². The van der Waals surface area contributed by atoms with Crippen molar-refractivity contribution in [1.29, 1.82) is 0 Å². The van der Waals surface area contributed by atoms with Crippen LogP contribution in [-0.4, -0.2) is 134 Å². The van der Waals surface area contributed by atoms with Crippen molar-refractivity contribution in [2.45, 2.75) is 155 Å². The standard InChI is InChI=1S/C45H75N5O8/c1-28(2)37(47-42(53)38(29(3)4)48(9)10)43(54)49(11)39(32-22-17-18-23-32)35(56-12)27-36(51)50-25-19-24-34(50)40(57-13)30(5)41(52)46-33(44(55)58-45(6,7)8)26-31-20-15-14-16-21-31/h14-16,20-21,28-30,32-35,37-40H,17-19,22-27H2,1-13H3,(H,46,52)(H,47,53)/t30-,33+,34+,35-,37+,38+,39+,40-/m1/s1. The maximum Gasteiger partial charge on any atom is 0.329 e. The fourth-order valence-corrected chi connectivity index (χ4v) is 9.06. The fourth-order valence-electron chi connectivity index (χ4n) is 9.06. The third-order valence-electron chi connectivity index (χ3n) is 11.9. The van der Waals surface area contributed by atoms with Crippen molar-refractivity contribution >= 4 is 29.6 Å². The van der Waals surface area contributed by atoms with E-state index in [4.69, 9.17) is 14.2 Å². The third-order valence-corrected chi connectivity index (χ3v) is 11.9. The van der Waals surface area contributed by atoms with E-state index in [1.54, 1.807) is 58.8 Å². The summed E-state index contributed by atoms with van der Waals surface area (Å²) in [4.78, 5) is 75.0. The highest BCUT2D eigenvalue weighted by atomic mass is 16.6. The molecule has 8 atom stereocenters. The summed E-state index contributed by atoms with van der Waals surface area (Å²) in [5.74, 6) is -2.13. The molecule has 4 amide bonds. The lowest BCUT2D eigenvalue weighted by Crippen LogP contribution is -2.59. The summed E-state index contributed by atoms with van der Waals surface area (Å²) in [6.45, 7) is 15.5. The van der Waals surface area contributed by atoms with Crippen LogP contribution >= 0.6 is 0 Å². The van der Waals surface area contributed by atoms with Crippen LogP contribution in [0.4, 0.5) is 0 Å². The van der Waals surface area contributed by atoms with Gasteiger partial charge in [0.25, 0.3) is 0 Å². The number of likely N-dealkylation sites (N-methyl/N-ethyl adjacent to an activating group) is 2. The van der Waals surface area contributed by atoms with E-state index in [9.17, 15) is 24.0 Å². The molecule has 0 aromatic heterocycles. The molecule has 0 spiro atoms. The SMILES string of the molecule is CO[C@H]([C@@H](C)C(=O)N[C@@H](Cc1ccccc1)C(=O)OC(C)(C)C)[C@@H]1CCCN1C(=O)C[C@@H](OC)[C@H](C1CCCC1)N(C)C(=O)[C@@H](NC(=O)[C@H](C(C)C)N(C)C)C(C)C. The van der Waals surface area contributed by atoms with Crippen molar-refractivity contribution in [3.05, 3.63) is 35.9 Å². The second-order valence-corrected chi connectivity index (χ2v) is 18.4. The molecule has 328 valence electrons. The monoisotopic (exact) mass is 814 g/mol. The van der Waals surface area contributed by atoms with E-state index in [0.717, 1.165) is 37.7 Å². The Balaban J connectivity index is 1.82. The van der Waals surface area contributed by atoms with Crippen LogP contribution in [0.3, 0.4) is 0 Å². The normalized spacial score (nSPS) is 20.0. The summed E-state index contributed by atoms with van der Waals surface area (Å²) in [5, 5.41) is 6.01. The Bertz CT molecular complexity index is 1480. The fraction of sp³-hybridized carbons (Fsp3) is 0.756. The second-order valence-electron chi connectivity index (χ2n) is 18.4. The number of amides is 4. The van der Waals surface area contributed by atoms with Crippen molar-refractivity contribution in [2.24, 2.45) is 23.7 Å². The molecule has 1 saturated carbocycles. The summed E-state index contributed by atoms with van der Waals surface area (Å²) >= 11 is 0. The van der Waals surface area contributed by atoms with E-state index >= 15 is 0 Å². The maximum absolute atomic E-state index is 14.4. The highest BCUT2D eigenvalue weighted by Crippen LogP contribution is 2.35. The number of hydrogen-bond acceptors (Lipinski definition) is 9. The van der Waals surface area contributed by atoms with Gasteiger partial charge in [-0.05, 0) is 83.9 Å². The minimum atomic E-state index is -0.918. The van der Waals surface area contributed by atoms with Gasteiger partial charge in [-0.2, -0.15) is 0 Å². The minimum Gasteiger partial charge on any atom is -0.458 e. The van der Waals surface area contributed by atoms with Crippen molar-refractivity contribution < 1.29 is 38.2 Å². The molecule has 1 aromatic rings. The van der Waals surface area contributed by atoms with E-state index in [2.05, 4.69) is 10.6 Å². The van der Waals surface area contributed by atoms with E-state index in [-0.39, 0.29) is 60.3 Å². The molecule has 1 aliphatic heterocycles. The average Bonchev–Trinajstić information content (AvgIpc) is 3.86. The lowest BCUT2D eigenvalue weighted by molar-refractivity contribution is -0.159. The number of esters is 1. The number of rotatable bonds is 20. The molecule has 1 aromatic carbocycles. The molecule has 1 saturated heterocycles. The molecule has 0 radical (unpaired) electrons. The van der Waals surface area contributed by atoms with Gasteiger partial charge < -0.3 is 34.6 Å². The first kappa shape index (κ1) is 48.8. The number of nitrogens with one attached hydrogen (secondary N) is 2. The predicted octanol–water partition coefficient (Wildman–Crippen LogP) is 4.85. The number of hydrogen-bond donors (Lipinski definition) is 2. The number of ether oxygens (including phenoxy) is 3. The van der Waals surface area contributed by atoms with Gasteiger partial charge in [-0.3, -0.25) is 24.1 Å². The largest absolute Gasteiger partial charge is 0.458 e. The molecule has 2 fully saturated rings. The Hall–Kier alpha value is -3.55. The molecule has 13 heteroatoms. The van der Waals surface area contributed by atoms with Crippen LogP contribution in [0.25, 0.3) is 0 Å². The zero-order chi connectivity index (χ0) is 43.5. The highest BCUT2D eigenvalue weighted by molar-refractivity contribution is 5.90. The summed E-state index contributed by atoms with van der Waals surface area (Å²) in [5.41, 5.74) is 0.141. The van der Waals surface area contributed by atoms with E-state index in [0.29, 0.717) is 13.0 Å². The van der Waals surface area contributed by atoms with Crippen molar-refractivity contribution in [2.75, 3.05) is 41.9 Å². The third kappa shape index (κ3) is 13.2. The smallest absolute Gasteiger partial charge is 0.329 e. The number of likely N-dealkylation sites (tertiary alicyclic amines) is 1. The zero-order valence-electron chi connectivity index (χ0n) is 37.7. The van der Waals surface area contributed by atoms with Gasteiger partial charge in [0.15, 0.2) is 0 Å². The first-order chi connectivity index (χ1) is 27.2. The van der Waals surface area contributed by atoms with Crippen LogP contribution in [-0.2, 0) is 44.6 Å². The Kier molecular flexibility index (Phi) is 18.7. The first-order valence-electron chi connectivity index (χ1n) is 21.4. The highest BCUT2D eigenvalue weighted by Gasteiger charge is 2.45. The molecule has 2 N–H and O–H groups in total. The number of nitrogens with zero attached hydrogens (tertiary/aromatic N) is 3. The number of methoxy groups -OCH3 is 2. The topological polar surface area (TPSA) is 147 Å². The van der Waals surface area contributed by atoms with Crippen LogP contribution < -0.4 is 10.6 Å². The Morgan fingerprint density at radius 2 is 1.45 bits per heavy atom. The average molecular weight is 814 g/mol. The molecule has 13 nitrogen and oxygen atoms in total. The molecule has 58 heavy (non-hydrogen) atoms. The number of carbonyl (C=O) groups excluding carboxylic acids is 5. The quantitative estimate of drug-likeness (QED) is 0.177. The second kappa shape index (κ2) is 22.2. The molecule has 0 bridgehead atoms. The number of benzene rings is 1. The van der Waals surface area contributed by atoms with Gasteiger partial charge in [-0.1, -0.05) is 77.8 Å². The van der Waals surface area contributed by atoms with E-state index < -0.39 is 53.9 Å². The van der Waals surface area contributed by atoms with Crippen LogP contribution in [0, 0.1) is 23.7 Å². The molecule has 1 aliphatic carbocycles.